The summed E-state index contributed by atoms with van der Waals surface area (Å²) in [6.07, 6.45) is 4.51. The monoisotopic (exact) mass is 298 g/mol. The number of nitrogens with one attached hydrogen (secondary N) is 1. The molecule has 2 heterocycles. The topological polar surface area (TPSA) is 32.3 Å². The molecule has 1 aliphatic rings. The molecule has 3 rings (SSSR count). The Morgan fingerprint density at radius 1 is 1.43 bits per heavy atom. The predicted molar refractivity (Wildman–Crippen MR) is 90.0 cm³/mol. The maximum Gasteiger partial charge on any atom is 0.248 e. The highest BCUT2D eigenvalue weighted by atomic mass is 32.1. The van der Waals surface area contributed by atoms with Crippen molar-refractivity contribution in [2.24, 2.45) is 0 Å². The lowest BCUT2D eigenvalue weighted by molar-refractivity contribution is -0.111. The van der Waals surface area contributed by atoms with E-state index in [9.17, 15) is 4.79 Å². The third kappa shape index (κ3) is 3.16. The SMILES string of the molecule is CCN1CCc2ccc(NC(=O)/C=C/c3cccs3)cc21. The van der Waals surface area contributed by atoms with E-state index in [4.69, 9.17) is 0 Å². The van der Waals surface area contributed by atoms with Gasteiger partial charge in [-0.05, 0) is 48.6 Å². The molecule has 4 heteroatoms. The van der Waals surface area contributed by atoms with Crippen LogP contribution in [0.2, 0.25) is 0 Å². The molecule has 1 aliphatic heterocycles. The van der Waals surface area contributed by atoms with Crippen LogP contribution in [-0.2, 0) is 11.2 Å². The highest BCUT2D eigenvalue weighted by Gasteiger charge is 2.17. The minimum Gasteiger partial charge on any atom is -0.371 e. The molecule has 0 aliphatic carbocycles. The van der Waals surface area contributed by atoms with E-state index in [1.807, 2.05) is 29.7 Å². The minimum atomic E-state index is -0.0932. The molecule has 3 nitrogen and oxygen atoms in total. The van der Waals surface area contributed by atoms with Gasteiger partial charge in [0.2, 0.25) is 5.91 Å². The van der Waals surface area contributed by atoms with Gasteiger partial charge in [-0.3, -0.25) is 4.79 Å². The fraction of sp³-hybridized carbons (Fsp3) is 0.235. The average Bonchev–Trinajstić information content (AvgIpc) is 3.14. The Morgan fingerprint density at radius 2 is 2.33 bits per heavy atom. The van der Waals surface area contributed by atoms with Crippen molar-refractivity contribution in [1.82, 2.24) is 0 Å². The van der Waals surface area contributed by atoms with Crippen LogP contribution in [-0.4, -0.2) is 19.0 Å². The van der Waals surface area contributed by atoms with E-state index < -0.39 is 0 Å². The number of carbonyl (C=O) groups is 1. The first-order valence-corrected chi connectivity index (χ1v) is 8.04. The van der Waals surface area contributed by atoms with E-state index in [1.165, 1.54) is 11.3 Å². The normalized spacial score (nSPS) is 13.7. The average molecular weight is 298 g/mol. The molecule has 1 amide bonds. The van der Waals surface area contributed by atoms with Gasteiger partial charge in [-0.25, -0.2) is 0 Å². The fourth-order valence-electron chi connectivity index (χ4n) is 2.58. The summed E-state index contributed by atoms with van der Waals surface area (Å²) in [5, 5.41) is 4.93. The van der Waals surface area contributed by atoms with Crippen molar-refractivity contribution in [1.29, 1.82) is 0 Å². The molecular formula is C17H18N2OS. The first-order chi connectivity index (χ1) is 10.3. The van der Waals surface area contributed by atoms with Gasteiger partial charge in [0.15, 0.2) is 0 Å². The number of rotatable bonds is 4. The van der Waals surface area contributed by atoms with Crippen LogP contribution in [0.5, 0.6) is 0 Å². The van der Waals surface area contributed by atoms with Crippen molar-refractivity contribution in [2.75, 3.05) is 23.3 Å². The van der Waals surface area contributed by atoms with Crippen molar-refractivity contribution in [2.45, 2.75) is 13.3 Å². The molecule has 108 valence electrons. The summed E-state index contributed by atoms with van der Waals surface area (Å²) in [5.41, 5.74) is 3.47. The fourth-order valence-corrected chi connectivity index (χ4v) is 3.20. The molecule has 0 spiro atoms. The van der Waals surface area contributed by atoms with Gasteiger partial charge < -0.3 is 10.2 Å². The van der Waals surface area contributed by atoms with Crippen LogP contribution in [0.4, 0.5) is 11.4 Å². The molecule has 0 unspecified atom stereocenters. The number of hydrogen-bond donors (Lipinski definition) is 1. The molecule has 1 aromatic carbocycles. The minimum absolute atomic E-state index is 0.0932. The predicted octanol–water partition coefficient (Wildman–Crippen LogP) is 3.78. The van der Waals surface area contributed by atoms with Crippen LogP contribution in [0.3, 0.4) is 0 Å². The summed E-state index contributed by atoms with van der Waals surface area (Å²) < 4.78 is 0. The lowest BCUT2D eigenvalue weighted by atomic mass is 10.1. The number of amides is 1. The number of carbonyl (C=O) groups excluding carboxylic acids is 1. The summed E-state index contributed by atoms with van der Waals surface area (Å²) in [4.78, 5) is 15.4. The van der Waals surface area contributed by atoms with Crippen LogP contribution in [0.25, 0.3) is 6.08 Å². The molecule has 2 aromatic rings. The zero-order valence-corrected chi connectivity index (χ0v) is 12.8. The zero-order chi connectivity index (χ0) is 14.7. The maximum atomic E-state index is 12.0. The highest BCUT2D eigenvalue weighted by molar-refractivity contribution is 7.10. The zero-order valence-electron chi connectivity index (χ0n) is 12.0. The van der Waals surface area contributed by atoms with Gasteiger partial charge >= 0.3 is 0 Å². The van der Waals surface area contributed by atoms with Gasteiger partial charge in [0.1, 0.15) is 0 Å². The smallest absolute Gasteiger partial charge is 0.248 e. The molecule has 0 bridgehead atoms. The summed E-state index contributed by atoms with van der Waals surface area (Å²) in [6, 6.07) is 10.1. The van der Waals surface area contributed by atoms with Crippen LogP contribution in [0.15, 0.2) is 41.8 Å². The quantitative estimate of drug-likeness (QED) is 0.871. The first kappa shape index (κ1) is 13.9. The Labute approximate surface area is 128 Å². The van der Waals surface area contributed by atoms with Gasteiger partial charge in [0.25, 0.3) is 0 Å². The number of likely N-dealkylation sites (N-methyl/N-ethyl adjacent to an activating group) is 1. The second-order valence-electron chi connectivity index (χ2n) is 5.01. The van der Waals surface area contributed by atoms with Crippen LogP contribution in [0.1, 0.15) is 17.4 Å². The van der Waals surface area contributed by atoms with Gasteiger partial charge in [-0.1, -0.05) is 12.1 Å². The maximum absolute atomic E-state index is 12.0. The number of fused-ring (bicyclic) bond motifs is 1. The summed E-state index contributed by atoms with van der Waals surface area (Å²) in [7, 11) is 0. The first-order valence-electron chi connectivity index (χ1n) is 7.16. The largest absolute Gasteiger partial charge is 0.371 e. The van der Waals surface area contributed by atoms with Crippen LogP contribution in [0, 0.1) is 0 Å². The highest BCUT2D eigenvalue weighted by Crippen LogP contribution is 2.30. The second-order valence-corrected chi connectivity index (χ2v) is 5.99. The summed E-state index contributed by atoms with van der Waals surface area (Å²) in [5.74, 6) is -0.0932. The van der Waals surface area contributed by atoms with Gasteiger partial charge in [-0.2, -0.15) is 0 Å². The molecule has 0 radical (unpaired) electrons. The number of benzene rings is 1. The number of nitrogens with zero attached hydrogens (tertiary/aromatic N) is 1. The van der Waals surface area contributed by atoms with E-state index in [0.29, 0.717) is 0 Å². The van der Waals surface area contributed by atoms with E-state index in [0.717, 1.165) is 30.1 Å². The van der Waals surface area contributed by atoms with Crippen molar-refractivity contribution >= 4 is 34.7 Å². The Balaban J connectivity index is 1.69. The van der Waals surface area contributed by atoms with Gasteiger partial charge in [0, 0.05) is 35.4 Å². The Hall–Kier alpha value is -2.07. The molecule has 0 saturated carbocycles. The summed E-state index contributed by atoms with van der Waals surface area (Å²) >= 11 is 1.62. The third-order valence-corrected chi connectivity index (χ3v) is 4.51. The van der Waals surface area contributed by atoms with Gasteiger partial charge in [-0.15, -0.1) is 11.3 Å². The van der Waals surface area contributed by atoms with Crippen LogP contribution >= 0.6 is 11.3 Å². The van der Waals surface area contributed by atoms with E-state index >= 15 is 0 Å². The van der Waals surface area contributed by atoms with Crippen molar-refractivity contribution < 1.29 is 4.79 Å². The summed E-state index contributed by atoms with van der Waals surface area (Å²) in [6.45, 7) is 4.23. The Bertz CT molecular complexity index is 661. The number of anilines is 2. The molecular weight excluding hydrogens is 280 g/mol. The van der Waals surface area contributed by atoms with E-state index in [2.05, 4.69) is 29.3 Å². The van der Waals surface area contributed by atoms with E-state index in [1.54, 1.807) is 17.4 Å². The molecule has 21 heavy (non-hydrogen) atoms. The molecule has 0 saturated heterocycles. The number of hydrogen-bond acceptors (Lipinski definition) is 3. The third-order valence-electron chi connectivity index (χ3n) is 3.67. The molecule has 1 aromatic heterocycles. The van der Waals surface area contributed by atoms with Crippen molar-refractivity contribution in [3.05, 3.63) is 52.2 Å². The van der Waals surface area contributed by atoms with Gasteiger partial charge in [0.05, 0.1) is 0 Å². The molecule has 0 fully saturated rings. The number of thiophene rings is 1. The molecule has 0 atom stereocenters. The molecule has 1 N–H and O–H groups in total. The van der Waals surface area contributed by atoms with Crippen molar-refractivity contribution in [3.8, 4) is 0 Å². The van der Waals surface area contributed by atoms with Crippen molar-refractivity contribution in [3.63, 3.8) is 0 Å². The van der Waals surface area contributed by atoms with Crippen LogP contribution < -0.4 is 10.2 Å². The Kier molecular flexibility index (Phi) is 4.06. The standard InChI is InChI=1S/C17H18N2OS/c1-2-19-10-9-13-5-6-14(12-16(13)19)18-17(20)8-7-15-4-3-11-21-15/h3-8,11-12H,2,9-10H2,1H3,(H,18,20)/b8-7+. The van der Waals surface area contributed by atoms with E-state index in [-0.39, 0.29) is 5.91 Å². The lowest BCUT2D eigenvalue weighted by Crippen LogP contribution is -2.19. The lowest BCUT2D eigenvalue weighted by Gasteiger charge is -2.17. The Morgan fingerprint density at radius 3 is 3.10 bits per heavy atom. The second kappa shape index (κ2) is 6.14.